The van der Waals surface area contributed by atoms with E-state index < -0.39 is 0 Å². The van der Waals surface area contributed by atoms with Crippen molar-refractivity contribution in [3.05, 3.63) is 98.4 Å². The first-order valence-electron chi connectivity index (χ1n) is 9.43. The summed E-state index contributed by atoms with van der Waals surface area (Å²) in [5.74, 6) is 0.919. The lowest BCUT2D eigenvalue weighted by Crippen LogP contribution is -2.24. The number of benzene rings is 2. The molecule has 142 valence electrons. The van der Waals surface area contributed by atoms with E-state index in [9.17, 15) is 4.79 Å². The Morgan fingerprint density at radius 2 is 1.61 bits per heavy atom. The highest BCUT2D eigenvalue weighted by Crippen LogP contribution is 2.26. The van der Waals surface area contributed by atoms with Crippen LogP contribution in [0.4, 0.5) is 0 Å². The summed E-state index contributed by atoms with van der Waals surface area (Å²) in [5.41, 5.74) is 3.51. The van der Waals surface area contributed by atoms with Crippen LogP contribution in [0.1, 0.15) is 33.3 Å². The van der Waals surface area contributed by atoms with Crippen LogP contribution in [0.25, 0.3) is 10.2 Å². The van der Waals surface area contributed by atoms with Crippen molar-refractivity contribution in [1.82, 2.24) is 15.3 Å². The molecule has 4 nitrogen and oxygen atoms in total. The minimum Gasteiger partial charge on any atom is -0.309 e. The van der Waals surface area contributed by atoms with E-state index in [2.05, 4.69) is 63.8 Å². The molecule has 0 fully saturated rings. The highest BCUT2D eigenvalue weighted by atomic mass is 32.1. The van der Waals surface area contributed by atoms with Crippen LogP contribution >= 0.6 is 11.3 Å². The summed E-state index contributed by atoms with van der Waals surface area (Å²) in [6, 6.07) is 21.0. The van der Waals surface area contributed by atoms with Crippen molar-refractivity contribution in [2.45, 2.75) is 26.3 Å². The number of aromatic nitrogens is 2. The van der Waals surface area contributed by atoms with Crippen LogP contribution in [-0.4, -0.2) is 16.5 Å². The molecule has 0 aliphatic carbocycles. The lowest BCUT2D eigenvalue weighted by Gasteiger charge is -2.18. The van der Waals surface area contributed by atoms with Gasteiger partial charge in [-0.25, -0.2) is 4.98 Å². The lowest BCUT2D eigenvalue weighted by molar-refractivity contribution is 0.618. The lowest BCUT2D eigenvalue weighted by atomic mass is 9.91. The molecule has 0 atom stereocenters. The smallest absolute Gasteiger partial charge is 0.259 e. The Kier molecular flexibility index (Phi) is 5.37. The Balaban J connectivity index is 1.54. The van der Waals surface area contributed by atoms with Crippen LogP contribution in [0.2, 0.25) is 0 Å². The van der Waals surface area contributed by atoms with Crippen LogP contribution in [-0.2, 0) is 6.54 Å². The van der Waals surface area contributed by atoms with Gasteiger partial charge in [-0.2, -0.15) is 0 Å². The zero-order valence-corrected chi connectivity index (χ0v) is 16.8. The molecule has 0 saturated carbocycles. The topological polar surface area (TPSA) is 57.8 Å². The van der Waals surface area contributed by atoms with Gasteiger partial charge in [0.1, 0.15) is 10.7 Å². The van der Waals surface area contributed by atoms with Gasteiger partial charge in [-0.3, -0.25) is 4.79 Å². The molecular formula is C23H23N3OS. The first kappa shape index (κ1) is 18.6. The van der Waals surface area contributed by atoms with E-state index in [4.69, 9.17) is 0 Å². The summed E-state index contributed by atoms with van der Waals surface area (Å²) < 4.78 is 0. The predicted molar refractivity (Wildman–Crippen MR) is 116 cm³/mol. The van der Waals surface area contributed by atoms with Crippen LogP contribution < -0.4 is 10.9 Å². The monoisotopic (exact) mass is 389 g/mol. The van der Waals surface area contributed by atoms with Crippen molar-refractivity contribution in [1.29, 1.82) is 0 Å². The molecule has 2 N–H and O–H groups in total. The normalized spacial score (nSPS) is 11.4. The number of hydrogen-bond donors (Lipinski definition) is 2. The molecule has 0 amide bonds. The number of nitrogens with zero attached hydrogens (tertiary/aromatic N) is 1. The minimum absolute atomic E-state index is 0.0497. The molecule has 0 saturated heterocycles. The van der Waals surface area contributed by atoms with Crippen LogP contribution in [0.15, 0.2) is 65.5 Å². The van der Waals surface area contributed by atoms with Gasteiger partial charge in [-0.1, -0.05) is 60.7 Å². The van der Waals surface area contributed by atoms with Gasteiger partial charge in [-0.05, 0) is 30.5 Å². The predicted octanol–water partition coefficient (Wildman–Crippen LogP) is 4.52. The van der Waals surface area contributed by atoms with Crippen LogP contribution in [0.3, 0.4) is 0 Å². The Morgan fingerprint density at radius 1 is 1.00 bits per heavy atom. The van der Waals surface area contributed by atoms with E-state index >= 15 is 0 Å². The molecule has 0 bridgehead atoms. The fraction of sp³-hybridized carbons (Fsp3) is 0.217. The fourth-order valence-corrected chi connectivity index (χ4v) is 4.57. The molecule has 0 unspecified atom stereocenters. The van der Waals surface area contributed by atoms with Crippen molar-refractivity contribution >= 4 is 21.6 Å². The van der Waals surface area contributed by atoms with Crippen molar-refractivity contribution < 1.29 is 0 Å². The highest BCUT2D eigenvalue weighted by molar-refractivity contribution is 7.18. The van der Waals surface area contributed by atoms with Gasteiger partial charge in [0.15, 0.2) is 0 Å². The summed E-state index contributed by atoms with van der Waals surface area (Å²) >= 11 is 1.58. The van der Waals surface area contributed by atoms with E-state index in [1.54, 1.807) is 11.3 Å². The molecule has 0 spiro atoms. The Labute approximate surface area is 168 Å². The molecule has 2 aromatic carbocycles. The average molecular weight is 390 g/mol. The third-order valence-electron chi connectivity index (χ3n) is 5.13. The molecule has 2 aromatic heterocycles. The number of nitrogens with one attached hydrogen (secondary N) is 2. The number of aryl methyl sites for hydroxylation is 2. The SMILES string of the molecule is Cc1sc2nc(CNCC(c3ccccc3)c3ccccc3)[nH]c(=O)c2c1C. The first-order chi connectivity index (χ1) is 13.6. The van der Waals surface area contributed by atoms with E-state index in [0.29, 0.717) is 12.4 Å². The van der Waals surface area contributed by atoms with Gasteiger partial charge in [-0.15, -0.1) is 11.3 Å². The summed E-state index contributed by atoms with van der Waals surface area (Å²) in [5, 5.41) is 4.20. The molecule has 0 radical (unpaired) electrons. The van der Waals surface area contributed by atoms with Crippen molar-refractivity contribution in [2.24, 2.45) is 0 Å². The maximum absolute atomic E-state index is 12.5. The van der Waals surface area contributed by atoms with E-state index in [-0.39, 0.29) is 11.5 Å². The van der Waals surface area contributed by atoms with Crippen molar-refractivity contribution in [3.8, 4) is 0 Å². The fourth-order valence-electron chi connectivity index (χ4n) is 3.52. The third-order valence-corrected chi connectivity index (χ3v) is 6.23. The second kappa shape index (κ2) is 8.09. The zero-order chi connectivity index (χ0) is 19.5. The zero-order valence-electron chi connectivity index (χ0n) is 16.0. The van der Waals surface area contributed by atoms with E-state index in [0.717, 1.165) is 27.2 Å². The van der Waals surface area contributed by atoms with Gasteiger partial charge in [0.25, 0.3) is 5.56 Å². The number of fused-ring (bicyclic) bond motifs is 1. The van der Waals surface area contributed by atoms with E-state index in [1.807, 2.05) is 26.0 Å². The summed E-state index contributed by atoms with van der Waals surface area (Å²) in [6.45, 7) is 5.30. The van der Waals surface area contributed by atoms with Crippen molar-refractivity contribution in [2.75, 3.05) is 6.54 Å². The van der Waals surface area contributed by atoms with Gasteiger partial charge >= 0.3 is 0 Å². The molecule has 5 heteroatoms. The maximum atomic E-state index is 12.5. The highest BCUT2D eigenvalue weighted by Gasteiger charge is 2.15. The third kappa shape index (κ3) is 3.77. The number of H-pyrrole nitrogens is 1. The van der Waals surface area contributed by atoms with Gasteiger partial charge < -0.3 is 10.3 Å². The molecule has 28 heavy (non-hydrogen) atoms. The Hall–Kier alpha value is -2.76. The van der Waals surface area contributed by atoms with E-state index in [1.165, 1.54) is 11.1 Å². The summed E-state index contributed by atoms with van der Waals surface area (Å²) in [4.78, 5) is 22.0. The van der Waals surface area contributed by atoms with Crippen LogP contribution in [0.5, 0.6) is 0 Å². The summed E-state index contributed by atoms with van der Waals surface area (Å²) in [7, 11) is 0. The number of rotatable bonds is 6. The Morgan fingerprint density at radius 3 is 2.21 bits per heavy atom. The molecule has 0 aliphatic heterocycles. The largest absolute Gasteiger partial charge is 0.309 e. The number of hydrogen-bond acceptors (Lipinski definition) is 4. The molecular weight excluding hydrogens is 366 g/mol. The van der Waals surface area contributed by atoms with Crippen molar-refractivity contribution in [3.63, 3.8) is 0 Å². The molecule has 4 rings (SSSR count). The van der Waals surface area contributed by atoms with Crippen LogP contribution in [0, 0.1) is 13.8 Å². The van der Waals surface area contributed by atoms with Gasteiger partial charge in [0.2, 0.25) is 0 Å². The van der Waals surface area contributed by atoms with Gasteiger partial charge in [0.05, 0.1) is 11.9 Å². The number of thiophene rings is 1. The number of aromatic amines is 1. The Bertz CT molecular complexity index is 1090. The molecule has 4 aromatic rings. The second-order valence-electron chi connectivity index (χ2n) is 6.98. The average Bonchev–Trinajstić information content (AvgIpc) is 3.00. The standard InChI is InChI=1S/C23H23N3OS/c1-15-16(2)28-23-21(15)22(27)25-20(26-23)14-24-13-19(17-9-5-3-6-10-17)18-11-7-4-8-12-18/h3-12,19,24H,13-14H2,1-2H3,(H,25,26,27). The molecule has 2 heterocycles. The quantitative estimate of drug-likeness (QED) is 0.510. The molecule has 0 aliphatic rings. The maximum Gasteiger partial charge on any atom is 0.259 e. The van der Waals surface area contributed by atoms with Gasteiger partial charge in [0, 0.05) is 17.3 Å². The summed E-state index contributed by atoms with van der Waals surface area (Å²) in [6.07, 6.45) is 0. The minimum atomic E-state index is -0.0497. The second-order valence-corrected chi connectivity index (χ2v) is 8.18. The first-order valence-corrected chi connectivity index (χ1v) is 10.2.